The lowest BCUT2D eigenvalue weighted by molar-refractivity contribution is -0.114. The van der Waals surface area contributed by atoms with Crippen molar-refractivity contribution in [3.05, 3.63) is 83.9 Å². The summed E-state index contributed by atoms with van der Waals surface area (Å²) >= 11 is 0. The van der Waals surface area contributed by atoms with E-state index in [2.05, 4.69) is 42.6 Å². The maximum Gasteiger partial charge on any atom is 0.272 e. The van der Waals surface area contributed by atoms with Crippen LogP contribution in [0.3, 0.4) is 0 Å². The normalized spacial score (nSPS) is 16.6. The van der Waals surface area contributed by atoms with Gasteiger partial charge in [-0.05, 0) is 41.1 Å². The van der Waals surface area contributed by atoms with Crippen LogP contribution in [0, 0.1) is 0 Å². The molecule has 2 aromatic carbocycles. The molecule has 3 aromatic heterocycles. The van der Waals surface area contributed by atoms with E-state index in [1.165, 1.54) is 6.92 Å². The van der Waals surface area contributed by atoms with Gasteiger partial charge in [0.05, 0.1) is 19.3 Å². The molecule has 0 radical (unpaired) electrons. The van der Waals surface area contributed by atoms with E-state index in [-0.39, 0.29) is 23.9 Å². The number of anilines is 1. The zero-order valence-corrected chi connectivity index (χ0v) is 23.5. The average Bonchev–Trinajstić information content (AvgIpc) is 3.64. The number of fused-ring (bicyclic) bond motifs is 1. The van der Waals surface area contributed by atoms with Gasteiger partial charge in [0.15, 0.2) is 11.4 Å². The van der Waals surface area contributed by atoms with Gasteiger partial charge >= 0.3 is 0 Å². The number of pyridine rings is 1. The van der Waals surface area contributed by atoms with Crippen molar-refractivity contribution in [1.82, 2.24) is 40.0 Å². The van der Waals surface area contributed by atoms with Crippen molar-refractivity contribution < 1.29 is 18.7 Å². The molecule has 1 N–H and O–H groups in total. The van der Waals surface area contributed by atoms with E-state index < -0.39 is 0 Å². The molecule has 7 rings (SSSR count). The highest BCUT2D eigenvalue weighted by molar-refractivity contribution is 5.94. The van der Waals surface area contributed by atoms with E-state index in [1.807, 2.05) is 23.1 Å². The first-order valence-corrected chi connectivity index (χ1v) is 14.1. The van der Waals surface area contributed by atoms with Gasteiger partial charge in [-0.25, -0.2) is 4.98 Å². The molecule has 0 aliphatic carbocycles. The van der Waals surface area contributed by atoms with E-state index in [1.54, 1.807) is 41.3 Å². The standard InChI is InChI=1S/C30H29N9O4/c1-19(40)32-22-7-8-26-24(16-22)33-29(43-26)21-9-10-31-25(15-21)30(41)38-13-11-37(12-14-38)27(20-5-3-2-4-6-20)28-34-36-39(35-28)23-17-42-18-23/h2-10,15-16,23,27H,11-14,17-18H2,1H3,(H,32,40). The van der Waals surface area contributed by atoms with Crippen LogP contribution in [0.4, 0.5) is 5.69 Å². The van der Waals surface area contributed by atoms with Crippen molar-refractivity contribution >= 4 is 28.6 Å². The molecule has 0 spiro atoms. The summed E-state index contributed by atoms with van der Waals surface area (Å²) in [7, 11) is 0. The van der Waals surface area contributed by atoms with Gasteiger partial charge in [-0.2, -0.15) is 4.80 Å². The monoisotopic (exact) mass is 579 g/mol. The number of oxazole rings is 1. The smallest absolute Gasteiger partial charge is 0.272 e. The third-order valence-corrected chi connectivity index (χ3v) is 7.65. The molecule has 5 aromatic rings. The molecule has 218 valence electrons. The molecular formula is C30H29N9O4. The fourth-order valence-electron chi connectivity index (χ4n) is 5.37. The number of hydrogen-bond acceptors (Lipinski definition) is 10. The van der Waals surface area contributed by atoms with Crippen molar-refractivity contribution in [3.8, 4) is 11.5 Å². The molecule has 2 aliphatic heterocycles. The second-order valence-corrected chi connectivity index (χ2v) is 10.6. The number of benzene rings is 2. The van der Waals surface area contributed by atoms with Crippen molar-refractivity contribution in [1.29, 1.82) is 0 Å². The Labute approximate surface area is 246 Å². The van der Waals surface area contributed by atoms with Crippen molar-refractivity contribution in [3.63, 3.8) is 0 Å². The molecule has 2 amide bonds. The first-order chi connectivity index (χ1) is 21.0. The maximum atomic E-state index is 13.5. The summed E-state index contributed by atoms with van der Waals surface area (Å²) in [5.74, 6) is 0.683. The zero-order valence-electron chi connectivity index (χ0n) is 23.5. The van der Waals surface area contributed by atoms with Crippen molar-refractivity contribution in [2.24, 2.45) is 0 Å². The molecule has 1 unspecified atom stereocenters. The summed E-state index contributed by atoms with van der Waals surface area (Å²) in [5, 5.41) is 16.1. The van der Waals surface area contributed by atoms with Crippen LogP contribution >= 0.6 is 0 Å². The number of ether oxygens (including phenoxy) is 1. The molecule has 2 aliphatic rings. The Morgan fingerprint density at radius 1 is 1.00 bits per heavy atom. The van der Waals surface area contributed by atoms with Crippen molar-refractivity contribution in [2.45, 2.75) is 19.0 Å². The number of rotatable bonds is 7. The molecule has 1 atom stereocenters. The first-order valence-electron chi connectivity index (χ1n) is 14.1. The summed E-state index contributed by atoms with van der Waals surface area (Å²) in [4.78, 5) is 39.6. The topological polar surface area (TPSA) is 144 Å². The lowest BCUT2D eigenvalue weighted by Gasteiger charge is -2.38. The third-order valence-electron chi connectivity index (χ3n) is 7.65. The van der Waals surface area contributed by atoms with E-state index >= 15 is 0 Å². The molecular weight excluding hydrogens is 550 g/mol. The van der Waals surface area contributed by atoms with Gasteiger partial charge in [0.1, 0.15) is 17.3 Å². The summed E-state index contributed by atoms with van der Waals surface area (Å²) in [5.41, 5.74) is 3.85. The Hall–Kier alpha value is -5.01. The summed E-state index contributed by atoms with van der Waals surface area (Å²) < 4.78 is 11.2. The summed E-state index contributed by atoms with van der Waals surface area (Å²) in [6.07, 6.45) is 1.59. The summed E-state index contributed by atoms with van der Waals surface area (Å²) in [6, 6.07) is 18.8. The van der Waals surface area contributed by atoms with Crippen LogP contribution in [0.15, 0.2) is 71.3 Å². The van der Waals surface area contributed by atoms with Gasteiger partial charge in [-0.1, -0.05) is 30.3 Å². The van der Waals surface area contributed by atoms with Crippen LogP contribution in [0.1, 0.15) is 40.9 Å². The van der Waals surface area contributed by atoms with E-state index in [0.717, 1.165) is 5.56 Å². The van der Waals surface area contributed by atoms with Crippen LogP contribution in [0.25, 0.3) is 22.6 Å². The Kier molecular flexibility index (Phi) is 7.09. The highest BCUT2D eigenvalue weighted by Crippen LogP contribution is 2.29. The van der Waals surface area contributed by atoms with Crippen LogP contribution in [-0.2, 0) is 9.53 Å². The van der Waals surface area contributed by atoms with Gasteiger partial charge in [-0.15, -0.1) is 10.2 Å². The zero-order chi connectivity index (χ0) is 29.3. The van der Waals surface area contributed by atoms with Crippen LogP contribution in [0.5, 0.6) is 0 Å². The third kappa shape index (κ3) is 5.47. The number of aromatic nitrogens is 6. The predicted molar refractivity (Wildman–Crippen MR) is 155 cm³/mol. The van der Waals surface area contributed by atoms with Gasteiger partial charge < -0.3 is 19.4 Å². The van der Waals surface area contributed by atoms with E-state index in [9.17, 15) is 9.59 Å². The Morgan fingerprint density at radius 3 is 2.56 bits per heavy atom. The minimum Gasteiger partial charge on any atom is -0.436 e. The first kappa shape index (κ1) is 26.9. The molecule has 2 saturated heterocycles. The molecule has 2 fully saturated rings. The summed E-state index contributed by atoms with van der Waals surface area (Å²) in [6.45, 7) is 4.94. The predicted octanol–water partition coefficient (Wildman–Crippen LogP) is 2.95. The molecule has 5 heterocycles. The number of carbonyl (C=O) groups is 2. The lowest BCUT2D eigenvalue weighted by Crippen LogP contribution is -2.50. The molecule has 0 bridgehead atoms. The van der Waals surface area contributed by atoms with Crippen LogP contribution in [0.2, 0.25) is 0 Å². The van der Waals surface area contributed by atoms with Gasteiger partial charge in [0.25, 0.3) is 5.91 Å². The Balaban J connectivity index is 1.06. The highest BCUT2D eigenvalue weighted by atomic mass is 16.5. The second kappa shape index (κ2) is 11.3. The van der Waals surface area contributed by atoms with Gasteiger partial charge in [-0.3, -0.25) is 19.5 Å². The Bertz CT molecular complexity index is 1770. The highest BCUT2D eigenvalue weighted by Gasteiger charge is 2.33. The number of tetrazole rings is 1. The van der Waals surface area contributed by atoms with Crippen LogP contribution in [-0.4, -0.2) is 91.2 Å². The Morgan fingerprint density at radius 2 is 1.81 bits per heavy atom. The van der Waals surface area contributed by atoms with E-state index in [0.29, 0.717) is 79.2 Å². The minimum atomic E-state index is -0.181. The minimum absolute atomic E-state index is 0.117. The molecule has 13 heteroatoms. The second-order valence-electron chi connectivity index (χ2n) is 10.6. The fraction of sp³-hybridized carbons (Fsp3) is 0.300. The number of hydrogen-bond donors (Lipinski definition) is 1. The number of amides is 2. The quantitative estimate of drug-likeness (QED) is 0.306. The largest absolute Gasteiger partial charge is 0.436 e. The number of piperazine rings is 1. The molecule has 0 saturated carbocycles. The van der Waals surface area contributed by atoms with Gasteiger partial charge in [0.2, 0.25) is 11.8 Å². The number of carbonyl (C=O) groups excluding carboxylic acids is 2. The SMILES string of the molecule is CC(=O)Nc1ccc2oc(-c3ccnc(C(=O)N4CCN(C(c5ccccc5)c5nnn(C6COC6)n5)CC4)c3)nc2c1. The fourth-order valence-corrected chi connectivity index (χ4v) is 5.37. The molecule has 43 heavy (non-hydrogen) atoms. The maximum absolute atomic E-state index is 13.5. The van der Waals surface area contributed by atoms with Crippen molar-refractivity contribution in [2.75, 3.05) is 44.7 Å². The van der Waals surface area contributed by atoms with Crippen LogP contribution < -0.4 is 5.32 Å². The van der Waals surface area contributed by atoms with E-state index in [4.69, 9.17) is 14.3 Å². The lowest BCUT2D eigenvalue weighted by atomic mass is 10.0. The number of nitrogens with zero attached hydrogens (tertiary/aromatic N) is 8. The molecule has 13 nitrogen and oxygen atoms in total. The average molecular weight is 580 g/mol. The van der Waals surface area contributed by atoms with Gasteiger partial charge in [0, 0.05) is 50.6 Å². The number of nitrogens with one attached hydrogen (secondary N) is 1.